The third-order valence-electron chi connectivity index (χ3n) is 4.84. The lowest BCUT2D eigenvalue weighted by Gasteiger charge is -2.14. The van der Waals surface area contributed by atoms with Gasteiger partial charge in [0.05, 0.1) is 16.9 Å². The first kappa shape index (κ1) is 23.1. The molecule has 0 aliphatic rings. The maximum Gasteiger partial charge on any atom is 0.275 e. The molecule has 1 aromatic heterocycles. The van der Waals surface area contributed by atoms with E-state index in [9.17, 15) is 22.0 Å². The molecule has 1 heterocycles. The summed E-state index contributed by atoms with van der Waals surface area (Å²) in [5.41, 5.74) is 1.02. The van der Waals surface area contributed by atoms with Crippen LogP contribution in [0.15, 0.2) is 52.3 Å². The summed E-state index contributed by atoms with van der Waals surface area (Å²) in [6.07, 6.45) is 3.44. The molecule has 0 bridgehead atoms. The van der Waals surface area contributed by atoms with E-state index in [1.165, 1.54) is 30.5 Å². The molecule has 5 nitrogen and oxygen atoms in total. The van der Waals surface area contributed by atoms with Gasteiger partial charge in [0.2, 0.25) is 0 Å². The van der Waals surface area contributed by atoms with E-state index < -0.39 is 31.9 Å². The van der Waals surface area contributed by atoms with Crippen LogP contribution in [0.5, 0.6) is 0 Å². The Labute approximate surface area is 184 Å². The number of halogens is 3. The van der Waals surface area contributed by atoms with Crippen LogP contribution in [0.3, 0.4) is 0 Å². The molecule has 0 saturated heterocycles. The fourth-order valence-electron chi connectivity index (χ4n) is 3.18. The van der Waals surface area contributed by atoms with Crippen LogP contribution in [0.1, 0.15) is 25.8 Å². The number of nitrogens with zero attached hydrogens (tertiary/aromatic N) is 2. The largest absolute Gasteiger partial charge is 0.275 e. The third-order valence-corrected chi connectivity index (χ3v) is 6.26. The number of sulfone groups is 1. The van der Waals surface area contributed by atoms with Gasteiger partial charge >= 0.3 is 0 Å². The molecule has 31 heavy (non-hydrogen) atoms. The van der Waals surface area contributed by atoms with Crippen LogP contribution in [-0.4, -0.2) is 24.5 Å². The minimum Gasteiger partial charge on any atom is -0.267 e. The summed E-state index contributed by atoms with van der Waals surface area (Å²) < 4.78 is 52.5. The van der Waals surface area contributed by atoms with E-state index in [2.05, 4.69) is 5.10 Å². The fourth-order valence-corrected chi connectivity index (χ4v) is 4.09. The summed E-state index contributed by atoms with van der Waals surface area (Å²) >= 11 is 5.85. The quantitative estimate of drug-likeness (QED) is 0.522. The van der Waals surface area contributed by atoms with Gasteiger partial charge in [0.1, 0.15) is 16.5 Å². The SMILES string of the molecule is CC(C)CCc1c(-c2ccc(S(C)(=O)=O)c(F)c2)cnn(-c2ccc(F)c(Cl)c2)c1=O. The van der Waals surface area contributed by atoms with Crippen LogP contribution in [0.2, 0.25) is 5.02 Å². The molecule has 0 N–H and O–H groups in total. The summed E-state index contributed by atoms with van der Waals surface area (Å²) in [5.74, 6) is -1.21. The monoisotopic (exact) mass is 466 g/mol. The second-order valence-electron chi connectivity index (χ2n) is 7.70. The Morgan fingerprint density at radius 1 is 1.10 bits per heavy atom. The Morgan fingerprint density at radius 2 is 1.81 bits per heavy atom. The number of benzene rings is 2. The minimum atomic E-state index is -3.72. The molecule has 3 rings (SSSR count). The lowest BCUT2D eigenvalue weighted by atomic mass is 9.96. The van der Waals surface area contributed by atoms with E-state index in [0.717, 1.165) is 23.1 Å². The van der Waals surface area contributed by atoms with Crippen LogP contribution >= 0.6 is 11.6 Å². The van der Waals surface area contributed by atoms with Crippen molar-refractivity contribution in [2.75, 3.05) is 6.26 Å². The van der Waals surface area contributed by atoms with Crippen molar-refractivity contribution in [3.8, 4) is 16.8 Å². The lowest BCUT2D eigenvalue weighted by molar-refractivity contribution is 0.570. The average Bonchev–Trinajstić information content (AvgIpc) is 2.68. The van der Waals surface area contributed by atoms with Gasteiger partial charge in [-0.2, -0.15) is 9.78 Å². The van der Waals surface area contributed by atoms with Crippen molar-refractivity contribution in [2.24, 2.45) is 5.92 Å². The highest BCUT2D eigenvalue weighted by Gasteiger charge is 2.19. The van der Waals surface area contributed by atoms with E-state index in [1.807, 2.05) is 13.8 Å². The molecule has 0 atom stereocenters. The Hall–Kier alpha value is -2.58. The Balaban J connectivity index is 2.19. The maximum absolute atomic E-state index is 14.5. The van der Waals surface area contributed by atoms with Gasteiger partial charge in [-0.15, -0.1) is 0 Å². The van der Waals surface area contributed by atoms with Gasteiger partial charge in [-0.3, -0.25) is 4.79 Å². The molecule has 0 unspecified atom stereocenters. The highest BCUT2D eigenvalue weighted by molar-refractivity contribution is 7.90. The number of hydrogen-bond acceptors (Lipinski definition) is 4. The Bertz CT molecular complexity index is 1300. The van der Waals surface area contributed by atoms with E-state index in [4.69, 9.17) is 11.6 Å². The number of rotatable bonds is 6. The molecule has 3 aromatic rings. The molecule has 0 radical (unpaired) electrons. The third kappa shape index (κ3) is 5.02. The predicted octanol–water partition coefficient (Wildman–Crippen LogP) is 4.82. The molecule has 0 aliphatic carbocycles. The van der Waals surface area contributed by atoms with Crippen molar-refractivity contribution in [1.29, 1.82) is 0 Å². The number of hydrogen-bond donors (Lipinski definition) is 0. The first-order valence-corrected chi connectivity index (χ1v) is 11.8. The zero-order chi connectivity index (χ0) is 22.9. The van der Waals surface area contributed by atoms with Gasteiger partial charge in [0, 0.05) is 17.4 Å². The van der Waals surface area contributed by atoms with Gasteiger partial charge in [-0.05, 0) is 54.7 Å². The molecule has 2 aromatic carbocycles. The fraction of sp³-hybridized carbons (Fsp3) is 0.273. The van der Waals surface area contributed by atoms with E-state index in [0.29, 0.717) is 41.1 Å². The van der Waals surface area contributed by atoms with Crippen LogP contribution < -0.4 is 5.56 Å². The molecular formula is C22H21ClF2N2O3S. The Kier molecular flexibility index (Phi) is 6.62. The normalized spacial score (nSPS) is 11.8. The van der Waals surface area contributed by atoms with Crippen molar-refractivity contribution in [2.45, 2.75) is 31.6 Å². The second kappa shape index (κ2) is 8.88. The minimum absolute atomic E-state index is 0.141. The molecule has 0 saturated carbocycles. The van der Waals surface area contributed by atoms with Crippen molar-refractivity contribution < 1.29 is 17.2 Å². The van der Waals surface area contributed by atoms with Crippen LogP contribution in [0.4, 0.5) is 8.78 Å². The zero-order valence-corrected chi connectivity index (χ0v) is 18.8. The average molecular weight is 467 g/mol. The first-order valence-electron chi connectivity index (χ1n) is 9.55. The summed E-state index contributed by atoms with van der Waals surface area (Å²) in [6, 6.07) is 7.56. The molecule has 0 spiro atoms. The van der Waals surface area contributed by atoms with Crippen molar-refractivity contribution in [1.82, 2.24) is 9.78 Å². The van der Waals surface area contributed by atoms with Crippen LogP contribution in [-0.2, 0) is 16.3 Å². The van der Waals surface area contributed by atoms with E-state index in [-0.39, 0.29) is 5.02 Å². The summed E-state index contributed by atoms with van der Waals surface area (Å²) in [6.45, 7) is 4.03. The van der Waals surface area contributed by atoms with Crippen LogP contribution in [0, 0.1) is 17.6 Å². The van der Waals surface area contributed by atoms with E-state index in [1.54, 1.807) is 0 Å². The van der Waals surface area contributed by atoms with Gasteiger partial charge in [0.25, 0.3) is 5.56 Å². The molecule has 0 amide bonds. The summed E-state index contributed by atoms with van der Waals surface area (Å²) in [4.78, 5) is 12.8. The van der Waals surface area contributed by atoms with Gasteiger partial charge in [-0.25, -0.2) is 17.2 Å². The second-order valence-corrected chi connectivity index (χ2v) is 10.1. The number of aromatic nitrogens is 2. The summed E-state index contributed by atoms with van der Waals surface area (Å²) in [7, 11) is -3.72. The van der Waals surface area contributed by atoms with Crippen molar-refractivity contribution in [3.63, 3.8) is 0 Å². The van der Waals surface area contributed by atoms with Gasteiger partial charge < -0.3 is 0 Å². The highest BCUT2D eigenvalue weighted by Crippen LogP contribution is 2.27. The van der Waals surface area contributed by atoms with Gasteiger partial charge in [-0.1, -0.05) is 31.5 Å². The first-order chi connectivity index (χ1) is 14.5. The molecule has 0 fully saturated rings. The predicted molar refractivity (Wildman–Crippen MR) is 116 cm³/mol. The Morgan fingerprint density at radius 3 is 2.39 bits per heavy atom. The van der Waals surface area contributed by atoms with Crippen molar-refractivity contribution in [3.05, 3.63) is 75.2 Å². The van der Waals surface area contributed by atoms with Crippen molar-refractivity contribution >= 4 is 21.4 Å². The molecule has 164 valence electrons. The smallest absolute Gasteiger partial charge is 0.267 e. The molecule has 0 aliphatic heterocycles. The van der Waals surface area contributed by atoms with Gasteiger partial charge in [0.15, 0.2) is 9.84 Å². The topological polar surface area (TPSA) is 69.0 Å². The summed E-state index contributed by atoms with van der Waals surface area (Å²) in [5, 5.41) is 4.03. The highest BCUT2D eigenvalue weighted by atomic mass is 35.5. The maximum atomic E-state index is 14.5. The molecular weight excluding hydrogens is 446 g/mol. The lowest BCUT2D eigenvalue weighted by Crippen LogP contribution is -2.26. The molecule has 9 heteroatoms. The zero-order valence-electron chi connectivity index (χ0n) is 17.2. The van der Waals surface area contributed by atoms with E-state index >= 15 is 0 Å². The standard InChI is InChI=1S/C22H21ClF2N2O3S/c1-13(2)4-7-16-17(14-5-9-21(20(25)10-14)31(3,29)30)12-26-27(22(16)28)15-6-8-19(24)18(23)11-15/h5-6,8-13H,4,7H2,1-3H3. The van der Waals surface area contributed by atoms with Crippen LogP contribution in [0.25, 0.3) is 16.8 Å².